The molecule has 6 heteroatoms. The number of nitrogens with zero attached hydrogens (tertiary/aromatic N) is 2. The highest BCUT2D eigenvalue weighted by Crippen LogP contribution is 2.08. The molecule has 0 amide bonds. The Hall–Kier alpha value is -2.73. The van der Waals surface area contributed by atoms with E-state index in [4.69, 9.17) is 12.2 Å². The maximum Gasteiger partial charge on any atom is 0.172 e. The quantitative estimate of drug-likeness (QED) is 0.683. The van der Waals surface area contributed by atoms with Crippen LogP contribution < -0.4 is 10.6 Å². The zero-order valence-corrected chi connectivity index (χ0v) is 14.7. The summed E-state index contributed by atoms with van der Waals surface area (Å²) in [4.78, 5) is 0. The molecule has 0 unspecified atom stereocenters. The van der Waals surface area contributed by atoms with Gasteiger partial charge in [-0.1, -0.05) is 42.0 Å². The van der Waals surface area contributed by atoms with Gasteiger partial charge in [0, 0.05) is 18.8 Å². The van der Waals surface area contributed by atoms with E-state index in [9.17, 15) is 4.39 Å². The van der Waals surface area contributed by atoms with E-state index in [0.29, 0.717) is 24.0 Å². The van der Waals surface area contributed by atoms with Gasteiger partial charge in [-0.15, -0.1) is 0 Å². The molecule has 0 aliphatic rings. The molecule has 2 aromatic carbocycles. The number of rotatable bonds is 5. The molecule has 25 heavy (non-hydrogen) atoms. The molecular formula is C19H19FN4S. The van der Waals surface area contributed by atoms with E-state index in [0.717, 1.165) is 5.56 Å². The largest absolute Gasteiger partial charge is 0.358 e. The monoisotopic (exact) mass is 354 g/mol. The Morgan fingerprint density at radius 3 is 2.44 bits per heavy atom. The van der Waals surface area contributed by atoms with E-state index < -0.39 is 0 Å². The standard InChI is InChI=1S/C19H19FN4S/c1-14-2-4-16(5-3-14)13-24-11-10-18(23-24)22-19(25)21-12-15-6-8-17(20)9-7-15/h2-11H,12-13H2,1H3,(H2,21,22,23,25). The topological polar surface area (TPSA) is 41.9 Å². The molecule has 1 aromatic heterocycles. The third kappa shape index (κ3) is 5.12. The first-order valence-electron chi connectivity index (χ1n) is 7.97. The lowest BCUT2D eigenvalue weighted by Gasteiger charge is -2.08. The molecule has 0 fully saturated rings. The molecule has 0 saturated carbocycles. The second-order valence-electron chi connectivity index (χ2n) is 5.82. The smallest absolute Gasteiger partial charge is 0.172 e. The molecule has 0 bridgehead atoms. The minimum Gasteiger partial charge on any atom is -0.358 e. The molecule has 0 radical (unpaired) electrons. The molecule has 3 aromatic rings. The number of thiocarbonyl (C=S) groups is 1. The van der Waals surface area contributed by atoms with E-state index in [1.54, 1.807) is 12.1 Å². The van der Waals surface area contributed by atoms with Crippen LogP contribution in [0, 0.1) is 12.7 Å². The van der Waals surface area contributed by atoms with Gasteiger partial charge in [-0.2, -0.15) is 5.10 Å². The van der Waals surface area contributed by atoms with Crippen molar-refractivity contribution >= 4 is 23.1 Å². The highest BCUT2D eigenvalue weighted by molar-refractivity contribution is 7.80. The van der Waals surface area contributed by atoms with Crippen molar-refractivity contribution < 1.29 is 4.39 Å². The number of anilines is 1. The van der Waals surface area contributed by atoms with E-state index in [1.165, 1.54) is 23.3 Å². The number of hydrogen-bond donors (Lipinski definition) is 2. The van der Waals surface area contributed by atoms with Gasteiger partial charge >= 0.3 is 0 Å². The number of benzene rings is 2. The Kier molecular flexibility index (Phi) is 5.40. The summed E-state index contributed by atoms with van der Waals surface area (Å²) in [6.45, 7) is 3.30. The van der Waals surface area contributed by atoms with Crippen molar-refractivity contribution in [2.45, 2.75) is 20.0 Å². The summed E-state index contributed by atoms with van der Waals surface area (Å²) in [5, 5.41) is 11.1. The van der Waals surface area contributed by atoms with Crippen LogP contribution in [0.15, 0.2) is 60.8 Å². The van der Waals surface area contributed by atoms with Gasteiger partial charge in [-0.3, -0.25) is 4.68 Å². The minimum atomic E-state index is -0.247. The minimum absolute atomic E-state index is 0.247. The van der Waals surface area contributed by atoms with Crippen molar-refractivity contribution in [3.63, 3.8) is 0 Å². The molecule has 4 nitrogen and oxygen atoms in total. The lowest BCUT2D eigenvalue weighted by atomic mass is 10.1. The van der Waals surface area contributed by atoms with Gasteiger partial charge in [0.1, 0.15) is 5.82 Å². The molecule has 1 heterocycles. The zero-order valence-electron chi connectivity index (χ0n) is 13.9. The van der Waals surface area contributed by atoms with Crippen molar-refractivity contribution in [2.24, 2.45) is 0 Å². The number of halogens is 1. The lowest BCUT2D eigenvalue weighted by molar-refractivity contribution is 0.627. The Morgan fingerprint density at radius 1 is 1.04 bits per heavy atom. The fourth-order valence-corrected chi connectivity index (χ4v) is 2.52. The molecule has 3 rings (SSSR count). The van der Waals surface area contributed by atoms with E-state index in [2.05, 4.69) is 46.9 Å². The lowest BCUT2D eigenvalue weighted by Crippen LogP contribution is -2.28. The highest BCUT2D eigenvalue weighted by Gasteiger charge is 2.03. The van der Waals surface area contributed by atoms with Crippen molar-refractivity contribution in [3.8, 4) is 0 Å². The fourth-order valence-electron chi connectivity index (χ4n) is 2.34. The van der Waals surface area contributed by atoms with Gasteiger partial charge in [0.05, 0.1) is 6.54 Å². The summed E-state index contributed by atoms with van der Waals surface area (Å²) in [7, 11) is 0. The Labute approximate surface area is 151 Å². The van der Waals surface area contributed by atoms with Gasteiger partial charge in [-0.25, -0.2) is 4.39 Å². The Bertz CT molecular complexity index is 841. The average molecular weight is 354 g/mol. The van der Waals surface area contributed by atoms with E-state index in [1.807, 2.05) is 16.9 Å². The van der Waals surface area contributed by atoms with Gasteiger partial charge in [0.15, 0.2) is 10.9 Å². The Morgan fingerprint density at radius 2 is 1.72 bits per heavy atom. The van der Waals surface area contributed by atoms with Crippen molar-refractivity contribution in [1.29, 1.82) is 0 Å². The van der Waals surface area contributed by atoms with Crippen LogP contribution in [-0.2, 0) is 13.1 Å². The molecule has 0 aliphatic carbocycles. The van der Waals surface area contributed by atoms with Gasteiger partial charge in [0.2, 0.25) is 0 Å². The molecule has 0 aliphatic heterocycles. The molecule has 0 spiro atoms. The summed E-state index contributed by atoms with van der Waals surface area (Å²) in [5.74, 6) is 0.437. The van der Waals surface area contributed by atoms with E-state index >= 15 is 0 Å². The van der Waals surface area contributed by atoms with Crippen LogP contribution in [0.3, 0.4) is 0 Å². The predicted molar refractivity (Wildman–Crippen MR) is 102 cm³/mol. The van der Waals surface area contributed by atoms with Gasteiger partial charge < -0.3 is 10.6 Å². The third-order valence-electron chi connectivity index (χ3n) is 3.71. The maximum atomic E-state index is 12.9. The normalized spacial score (nSPS) is 10.5. The SMILES string of the molecule is Cc1ccc(Cn2ccc(NC(=S)NCc3ccc(F)cc3)n2)cc1. The van der Waals surface area contributed by atoms with Crippen LogP contribution in [0.5, 0.6) is 0 Å². The number of hydrogen-bond acceptors (Lipinski definition) is 2. The molecule has 128 valence electrons. The van der Waals surface area contributed by atoms with Crippen molar-refractivity contribution in [3.05, 3.63) is 83.3 Å². The average Bonchev–Trinajstić information content (AvgIpc) is 3.03. The van der Waals surface area contributed by atoms with Crippen LogP contribution in [0.1, 0.15) is 16.7 Å². The summed E-state index contributed by atoms with van der Waals surface area (Å²) in [6.07, 6.45) is 1.91. The summed E-state index contributed by atoms with van der Waals surface area (Å²) in [6, 6.07) is 16.6. The van der Waals surface area contributed by atoms with Crippen LogP contribution >= 0.6 is 12.2 Å². The predicted octanol–water partition coefficient (Wildman–Crippen LogP) is 3.87. The number of aromatic nitrogens is 2. The Balaban J connectivity index is 1.51. The van der Waals surface area contributed by atoms with Crippen molar-refractivity contribution in [2.75, 3.05) is 5.32 Å². The summed E-state index contributed by atoms with van der Waals surface area (Å²) < 4.78 is 14.7. The first-order valence-corrected chi connectivity index (χ1v) is 8.37. The van der Waals surface area contributed by atoms with Gasteiger partial charge in [0.25, 0.3) is 0 Å². The molecular weight excluding hydrogens is 335 g/mol. The number of aryl methyl sites for hydroxylation is 1. The molecule has 0 atom stereocenters. The third-order valence-corrected chi connectivity index (χ3v) is 3.96. The maximum absolute atomic E-state index is 12.9. The van der Waals surface area contributed by atoms with Crippen molar-refractivity contribution in [1.82, 2.24) is 15.1 Å². The first-order chi connectivity index (χ1) is 12.1. The van der Waals surface area contributed by atoms with Crippen LogP contribution in [0.2, 0.25) is 0 Å². The highest BCUT2D eigenvalue weighted by atomic mass is 32.1. The molecule has 2 N–H and O–H groups in total. The van der Waals surface area contributed by atoms with Crippen LogP contribution in [0.4, 0.5) is 10.2 Å². The van der Waals surface area contributed by atoms with Gasteiger partial charge in [-0.05, 0) is 42.4 Å². The number of nitrogens with one attached hydrogen (secondary N) is 2. The summed E-state index contributed by atoms with van der Waals surface area (Å²) in [5.41, 5.74) is 3.39. The molecule has 0 saturated heterocycles. The van der Waals surface area contributed by atoms with E-state index in [-0.39, 0.29) is 5.82 Å². The van der Waals surface area contributed by atoms with Crippen LogP contribution in [0.25, 0.3) is 0 Å². The second kappa shape index (κ2) is 7.90. The summed E-state index contributed by atoms with van der Waals surface area (Å²) >= 11 is 5.27. The van der Waals surface area contributed by atoms with Crippen LogP contribution in [-0.4, -0.2) is 14.9 Å². The second-order valence-corrected chi connectivity index (χ2v) is 6.23. The fraction of sp³-hybridized carbons (Fsp3) is 0.158. The first kappa shape index (κ1) is 17.1. The zero-order chi connectivity index (χ0) is 17.6.